The van der Waals surface area contributed by atoms with Gasteiger partial charge in [0.05, 0.1) is 7.11 Å². The molecule has 2 amide bonds. The van der Waals surface area contributed by atoms with Crippen molar-refractivity contribution in [2.45, 2.75) is 51.7 Å². The van der Waals surface area contributed by atoms with Gasteiger partial charge in [-0.25, -0.2) is 0 Å². The summed E-state index contributed by atoms with van der Waals surface area (Å²) >= 11 is 0. The fourth-order valence-corrected chi connectivity index (χ4v) is 3.86. The molecule has 1 aliphatic rings. The molecule has 1 heterocycles. The zero-order valence-electron chi connectivity index (χ0n) is 17.9. The maximum atomic E-state index is 12.6. The maximum Gasteiger partial charge on any atom is 0.260 e. The van der Waals surface area contributed by atoms with Crippen LogP contribution in [0.3, 0.4) is 0 Å². The largest absolute Gasteiger partial charge is 0.497 e. The van der Waals surface area contributed by atoms with Gasteiger partial charge in [-0.05, 0) is 75.1 Å². The number of methoxy groups -OCH3 is 1. The lowest BCUT2D eigenvalue weighted by atomic mass is 9.97. The molecule has 0 bridgehead atoms. The molecule has 0 aromatic heterocycles. The van der Waals surface area contributed by atoms with Crippen LogP contribution in [0, 0.1) is 0 Å². The van der Waals surface area contributed by atoms with Gasteiger partial charge in [0, 0.05) is 24.2 Å². The van der Waals surface area contributed by atoms with E-state index in [1.54, 1.807) is 31.4 Å². The predicted molar refractivity (Wildman–Crippen MR) is 116 cm³/mol. The van der Waals surface area contributed by atoms with Crippen LogP contribution in [0.2, 0.25) is 0 Å². The van der Waals surface area contributed by atoms with Crippen LogP contribution in [-0.4, -0.2) is 42.5 Å². The Balaban J connectivity index is 1.49. The molecule has 0 radical (unpaired) electrons. The Kier molecular flexibility index (Phi) is 7.33. The second-order valence-corrected chi connectivity index (χ2v) is 7.77. The number of benzene rings is 2. The number of amides is 2. The smallest absolute Gasteiger partial charge is 0.260 e. The summed E-state index contributed by atoms with van der Waals surface area (Å²) in [7, 11) is 1.62. The number of nitrogens with zero attached hydrogens (tertiary/aromatic N) is 1. The van der Waals surface area contributed by atoms with E-state index in [9.17, 15) is 9.59 Å². The third kappa shape index (κ3) is 5.53. The first-order chi connectivity index (χ1) is 14.5. The molecule has 3 rings (SSSR count). The summed E-state index contributed by atoms with van der Waals surface area (Å²) in [6.45, 7) is 4.62. The molecule has 160 valence electrons. The lowest BCUT2D eigenvalue weighted by Crippen LogP contribution is -2.49. The van der Waals surface area contributed by atoms with Gasteiger partial charge >= 0.3 is 0 Å². The molecule has 1 aliphatic heterocycles. The Hall–Kier alpha value is -3.02. The summed E-state index contributed by atoms with van der Waals surface area (Å²) < 4.78 is 10.8. The molecule has 1 N–H and O–H groups in total. The summed E-state index contributed by atoms with van der Waals surface area (Å²) in [5.41, 5.74) is 1.53. The molecule has 2 aromatic carbocycles. The van der Waals surface area contributed by atoms with Gasteiger partial charge in [-0.2, -0.15) is 0 Å². The molecule has 1 saturated heterocycles. The van der Waals surface area contributed by atoms with Gasteiger partial charge in [0.15, 0.2) is 6.61 Å². The highest BCUT2D eigenvalue weighted by Crippen LogP contribution is 2.23. The molecule has 0 saturated carbocycles. The van der Waals surface area contributed by atoms with Crippen molar-refractivity contribution in [3.8, 4) is 11.5 Å². The summed E-state index contributed by atoms with van der Waals surface area (Å²) in [5, 5.41) is 2.89. The zero-order chi connectivity index (χ0) is 21.5. The molecule has 0 aliphatic carbocycles. The average molecular weight is 411 g/mol. The number of carbonyl (C=O) groups excluding carboxylic acids is 2. The lowest BCUT2D eigenvalue weighted by Gasteiger charge is -2.38. The third-order valence-corrected chi connectivity index (χ3v) is 5.57. The number of nitrogens with one attached hydrogen (secondary N) is 1. The van der Waals surface area contributed by atoms with E-state index in [0.717, 1.165) is 30.6 Å². The van der Waals surface area contributed by atoms with Gasteiger partial charge in [-0.3, -0.25) is 9.59 Å². The Bertz CT molecular complexity index is 839. The number of hydrogen-bond acceptors (Lipinski definition) is 4. The van der Waals surface area contributed by atoms with Crippen molar-refractivity contribution in [2.75, 3.05) is 13.7 Å². The maximum absolute atomic E-state index is 12.6. The van der Waals surface area contributed by atoms with Crippen LogP contribution in [0.4, 0.5) is 0 Å². The van der Waals surface area contributed by atoms with Crippen LogP contribution < -0.4 is 14.8 Å². The number of rotatable bonds is 7. The van der Waals surface area contributed by atoms with Gasteiger partial charge in [-0.15, -0.1) is 0 Å². The molecule has 2 atom stereocenters. The van der Waals surface area contributed by atoms with E-state index in [1.165, 1.54) is 0 Å². The van der Waals surface area contributed by atoms with Gasteiger partial charge in [-0.1, -0.05) is 12.1 Å². The van der Waals surface area contributed by atoms with Gasteiger partial charge in [0.2, 0.25) is 0 Å². The Morgan fingerprint density at radius 1 is 0.967 bits per heavy atom. The van der Waals surface area contributed by atoms with Crippen LogP contribution >= 0.6 is 0 Å². The van der Waals surface area contributed by atoms with Crippen molar-refractivity contribution < 1.29 is 19.1 Å². The second kappa shape index (κ2) is 10.1. The minimum atomic E-state index is -0.163. The SMILES string of the molecule is COc1ccc(CNC(=O)c2ccc(OCC(=O)N3C(C)CCCC3C)cc2)cc1. The topological polar surface area (TPSA) is 67.9 Å². The lowest BCUT2D eigenvalue weighted by molar-refractivity contribution is -0.139. The number of ether oxygens (including phenoxy) is 2. The predicted octanol–water partition coefficient (Wildman–Crippen LogP) is 3.79. The van der Waals surface area contributed by atoms with Crippen molar-refractivity contribution in [3.05, 3.63) is 59.7 Å². The molecule has 1 fully saturated rings. The van der Waals surface area contributed by atoms with Crippen molar-refractivity contribution in [2.24, 2.45) is 0 Å². The fourth-order valence-electron chi connectivity index (χ4n) is 3.86. The molecular formula is C24H30N2O4. The molecule has 2 unspecified atom stereocenters. The van der Waals surface area contributed by atoms with Crippen molar-refractivity contribution in [1.82, 2.24) is 10.2 Å². The minimum absolute atomic E-state index is 0.0102. The quantitative estimate of drug-likeness (QED) is 0.754. The first-order valence-corrected chi connectivity index (χ1v) is 10.4. The molecule has 6 nitrogen and oxygen atoms in total. The average Bonchev–Trinajstić information content (AvgIpc) is 2.76. The number of likely N-dealkylation sites (tertiary alicyclic amines) is 1. The van der Waals surface area contributed by atoms with E-state index in [0.29, 0.717) is 17.9 Å². The van der Waals surface area contributed by atoms with Crippen molar-refractivity contribution in [1.29, 1.82) is 0 Å². The Labute approximate surface area is 178 Å². The minimum Gasteiger partial charge on any atom is -0.497 e. The van der Waals surface area contributed by atoms with E-state index in [4.69, 9.17) is 9.47 Å². The van der Waals surface area contributed by atoms with E-state index in [-0.39, 0.29) is 30.5 Å². The molecule has 2 aromatic rings. The number of hydrogen-bond donors (Lipinski definition) is 1. The van der Waals surface area contributed by atoms with Crippen LogP contribution in [0.5, 0.6) is 11.5 Å². The Morgan fingerprint density at radius 2 is 1.57 bits per heavy atom. The summed E-state index contributed by atoms with van der Waals surface area (Å²) in [6.07, 6.45) is 3.24. The van der Waals surface area contributed by atoms with Gasteiger partial charge in [0.1, 0.15) is 11.5 Å². The molecule has 6 heteroatoms. The standard InChI is InChI=1S/C24H30N2O4/c1-17-5-4-6-18(2)26(17)23(27)16-30-22-13-9-20(10-14-22)24(28)25-15-19-7-11-21(29-3)12-8-19/h7-14,17-18H,4-6,15-16H2,1-3H3,(H,25,28). The third-order valence-electron chi connectivity index (χ3n) is 5.57. The highest BCUT2D eigenvalue weighted by atomic mass is 16.5. The van der Waals surface area contributed by atoms with Gasteiger partial charge < -0.3 is 19.7 Å². The fraction of sp³-hybridized carbons (Fsp3) is 0.417. The van der Waals surface area contributed by atoms with Crippen LogP contribution in [0.1, 0.15) is 49.0 Å². The normalized spacial score (nSPS) is 18.6. The monoisotopic (exact) mass is 410 g/mol. The van der Waals surface area contributed by atoms with Crippen LogP contribution in [0.25, 0.3) is 0 Å². The van der Waals surface area contributed by atoms with E-state index >= 15 is 0 Å². The molecule has 0 spiro atoms. The second-order valence-electron chi connectivity index (χ2n) is 7.77. The molecular weight excluding hydrogens is 380 g/mol. The van der Waals surface area contributed by atoms with E-state index in [1.807, 2.05) is 29.2 Å². The molecule has 30 heavy (non-hydrogen) atoms. The van der Waals surface area contributed by atoms with Crippen molar-refractivity contribution >= 4 is 11.8 Å². The van der Waals surface area contributed by atoms with Crippen molar-refractivity contribution in [3.63, 3.8) is 0 Å². The highest BCUT2D eigenvalue weighted by molar-refractivity contribution is 5.94. The first-order valence-electron chi connectivity index (χ1n) is 10.4. The summed E-state index contributed by atoms with van der Waals surface area (Å²) in [5.74, 6) is 1.20. The number of piperidine rings is 1. The Morgan fingerprint density at radius 3 is 2.17 bits per heavy atom. The van der Waals surface area contributed by atoms with Crippen LogP contribution in [0.15, 0.2) is 48.5 Å². The van der Waals surface area contributed by atoms with Crippen LogP contribution in [-0.2, 0) is 11.3 Å². The first kappa shape index (κ1) is 21.7. The van der Waals surface area contributed by atoms with E-state index in [2.05, 4.69) is 19.2 Å². The number of carbonyl (C=O) groups is 2. The highest BCUT2D eigenvalue weighted by Gasteiger charge is 2.28. The summed E-state index contributed by atoms with van der Waals surface area (Å²) in [6, 6.07) is 14.9. The van der Waals surface area contributed by atoms with E-state index < -0.39 is 0 Å². The van der Waals surface area contributed by atoms with Gasteiger partial charge in [0.25, 0.3) is 11.8 Å². The zero-order valence-corrected chi connectivity index (χ0v) is 17.9. The summed E-state index contributed by atoms with van der Waals surface area (Å²) in [4.78, 5) is 26.9.